The molecule has 5 rings (SSSR count). The smallest absolute Gasteiger partial charge is 0.321 e. The summed E-state index contributed by atoms with van der Waals surface area (Å²) in [4.78, 5) is 65.8. The van der Waals surface area contributed by atoms with Crippen LogP contribution in [-0.2, 0) is 26.6 Å². The van der Waals surface area contributed by atoms with Crippen LogP contribution >= 0.6 is 23.1 Å². The zero-order valence-electron chi connectivity index (χ0n) is 27.8. The van der Waals surface area contributed by atoms with Gasteiger partial charge in [0.05, 0.1) is 23.5 Å². The SMILES string of the molecule is CN1C(=O)[C@H](NC(=O)Nc2cccc(CC(=O)NCCC(=O)NCCSCc3csc(N=C(N)N)n3)c2)N=C(c2ccccc2)c2ccccc21. The Labute approximate surface area is 303 Å². The lowest BCUT2D eigenvalue weighted by atomic mass is 10.0. The molecule has 0 radical (unpaired) electrons. The highest BCUT2D eigenvalue weighted by Crippen LogP contribution is 2.27. The number of nitrogens with two attached hydrogens (primary N) is 2. The number of aromatic nitrogens is 1. The molecule has 0 saturated carbocycles. The van der Waals surface area contributed by atoms with Gasteiger partial charge in [0.2, 0.25) is 23.1 Å². The molecule has 2 heterocycles. The zero-order chi connectivity index (χ0) is 36.2. The van der Waals surface area contributed by atoms with E-state index in [-0.39, 0.29) is 37.2 Å². The largest absolute Gasteiger partial charge is 0.370 e. The highest BCUT2D eigenvalue weighted by molar-refractivity contribution is 7.98. The van der Waals surface area contributed by atoms with Crippen molar-refractivity contribution in [1.29, 1.82) is 0 Å². The van der Waals surface area contributed by atoms with Gasteiger partial charge in [-0.2, -0.15) is 16.8 Å². The monoisotopic (exact) mass is 726 g/mol. The van der Waals surface area contributed by atoms with E-state index in [1.54, 1.807) is 43.1 Å². The van der Waals surface area contributed by atoms with E-state index in [0.29, 0.717) is 45.8 Å². The Balaban J connectivity index is 1.06. The molecule has 0 bridgehead atoms. The molecule has 0 saturated heterocycles. The number of thiazole rings is 1. The highest BCUT2D eigenvalue weighted by Gasteiger charge is 2.31. The molecule has 8 N–H and O–H groups in total. The maximum absolute atomic E-state index is 13.4. The highest BCUT2D eigenvalue weighted by atomic mass is 32.2. The van der Waals surface area contributed by atoms with Gasteiger partial charge in [-0.3, -0.25) is 14.4 Å². The normalized spacial score (nSPS) is 13.7. The lowest BCUT2D eigenvalue weighted by molar-refractivity contribution is -0.122. The van der Waals surface area contributed by atoms with E-state index >= 15 is 0 Å². The van der Waals surface area contributed by atoms with Crippen LogP contribution in [0.5, 0.6) is 0 Å². The second-order valence-corrected chi connectivity index (χ2v) is 13.2. The first-order valence-corrected chi connectivity index (χ1v) is 18.0. The molecule has 4 aromatic rings. The fourth-order valence-corrected chi connectivity index (χ4v) is 6.67. The van der Waals surface area contributed by atoms with Crippen LogP contribution in [0.15, 0.2) is 94.2 Å². The van der Waals surface area contributed by atoms with E-state index in [4.69, 9.17) is 16.5 Å². The van der Waals surface area contributed by atoms with E-state index in [9.17, 15) is 19.2 Å². The number of guanidine groups is 1. The van der Waals surface area contributed by atoms with Crippen LogP contribution in [0.25, 0.3) is 0 Å². The van der Waals surface area contributed by atoms with Crippen molar-refractivity contribution in [1.82, 2.24) is 20.9 Å². The van der Waals surface area contributed by atoms with E-state index in [1.807, 2.05) is 60.0 Å². The van der Waals surface area contributed by atoms with Gasteiger partial charge in [0.1, 0.15) is 0 Å². The van der Waals surface area contributed by atoms with Gasteiger partial charge in [0.15, 0.2) is 5.96 Å². The molecule has 1 atom stereocenters. The Morgan fingerprint density at radius 2 is 1.73 bits per heavy atom. The van der Waals surface area contributed by atoms with Crippen LogP contribution in [0, 0.1) is 0 Å². The second kappa shape index (κ2) is 17.8. The number of benzodiazepines with no additional fused rings is 1. The Morgan fingerprint density at radius 1 is 0.961 bits per heavy atom. The number of nitrogens with one attached hydrogen (secondary N) is 4. The average Bonchev–Trinajstić information content (AvgIpc) is 3.52. The fraction of sp³-hybridized carbons (Fsp3) is 0.229. The van der Waals surface area contributed by atoms with Crippen LogP contribution in [0.2, 0.25) is 0 Å². The minimum Gasteiger partial charge on any atom is -0.370 e. The van der Waals surface area contributed by atoms with Crippen molar-refractivity contribution in [3.05, 3.63) is 107 Å². The van der Waals surface area contributed by atoms with Gasteiger partial charge in [0, 0.05) is 60.3 Å². The van der Waals surface area contributed by atoms with Gasteiger partial charge in [-0.15, -0.1) is 11.3 Å². The Hall–Kier alpha value is -5.74. The molecule has 264 valence electrons. The van der Waals surface area contributed by atoms with Gasteiger partial charge < -0.3 is 37.6 Å². The van der Waals surface area contributed by atoms with Crippen molar-refractivity contribution in [2.24, 2.45) is 21.5 Å². The summed E-state index contributed by atoms with van der Waals surface area (Å²) in [6.07, 6.45) is -0.996. The standard InChI is InChI=1S/C35H38N10O4S2/c1-45-27-13-6-5-12-26(27)30(23-9-3-2-4-10-23)42-31(32(45)48)43-34(49)40-24-11-7-8-22(18-24)19-29(47)38-15-14-28(46)39-16-17-50-20-25-21-51-35(41-25)44-33(36)37/h2-13,18,21,31H,14-17,19-20H2,1H3,(H,38,47)(H,39,46)(H2,40,43,49)(H4,36,37,41,44)/t31-/m0/s1. The van der Waals surface area contributed by atoms with E-state index < -0.39 is 18.1 Å². The summed E-state index contributed by atoms with van der Waals surface area (Å²) in [6.45, 7) is 0.666. The molecule has 0 unspecified atom stereocenters. The summed E-state index contributed by atoms with van der Waals surface area (Å²) < 4.78 is 0. The number of nitrogens with zero attached hydrogens (tertiary/aromatic N) is 4. The summed E-state index contributed by atoms with van der Waals surface area (Å²) >= 11 is 2.97. The van der Waals surface area contributed by atoms with Gasteiger partial charge in [-0.25, -0.2) is 14.8 Å². The molecule has 1 aliphatic rings. The first-order chi connectivity index (χ1) is 24.7. The summed E-state index contributed by atoms with van der Waals surface area (Å²) in [6, 6.07) is 23.1. The van der Waals surface area contributed by atoms with Gasteiger partial charge in [0.25, 0.3) is 5.91 Å². The van der Waals surface area contributed by atoms with Crippen molar-refractivity contribution in [3.63, 3.8) is 0 Å². The molecule has 14 nitrogen and oxygen atoms in total. The fourth-order valence-electron chi connectivity index (χ4n) is 5.11. The topological polar surface area (TPSA) is 209 Å². The molecule has 16 heteroatoms. The Morgan fingerprint density at radius 3 is 2.53 bits per heavy atom. The summed E-state index contributed by atoms with van der Waals surface area (Å²) in [5, 5.41) is 13.4. The van der Waals surface area contributed by atoms with Gasteiger partial charge in [-0.1, -0.05) is 60.7 Å². The Bertz CT molecular complexity index is 1930. The molecule has 0 aliphatic carbocycles. The predicted molar refractivity (Wildman–Crippen MR) is 202 cm³/mol. The number of para-hydroxylation sites is 1. The number of fused-ring (bicyclic) bond motifs is 1. The van der Waals surface area contributed by atoms with Crippen molar-refractivity contribution >= 4 is 75.0 Å². The number of anilines is 2. The van der Waals surface area contributed by atoms with Crippen LogP contribution < -0.4 is 37.6 Å². The van der Waals surface area contributed by atoms with Gasteiger partial charge in [-0.05, 0) is 23.8 Å². The number of likely N-dealkylation sites (N-methyl/N-ethyl adjacent to an activating group) is 1. The van der Waals surface area contributed by atoms with Crippen LogP contribution in [0.1, 0.15) is 28.8 Å². The maximum Gasteiger partial charge on any atom is 0.321 e. The van der Waals surface area contributed by atoms with Crippen molar-refractivity contribution in [2.75, 3.05) is 36.1 Å². The van der Waals surface area contributed by atoms with Gasteiger partial charge >= 0.3 is 6.03 Å². The molecular weight excluding hydrogens is 689 g/mol. The third kappa shape index (κ3) is 10.6. The van der Waals surface area contributed by atoms with Crippen LogP contribution in [-0.4, -0.2) is 72.5 Å². The number of aliphatic imine (C=N–C) groups is 2. The first-order valence-electron chi connectivity index (χ1n) is 16.0. The summed E-state index contributed by atoms with van der Waals surface area (Å²) in [7, 11) is 1.65. The molecule has 1 aromatic heterocycles. The number of hydrogen-bond acceptors (Lipinski definition) is 9. The lowest BCUT2D eigenvalue weighted by Crippen LogP contribution is -2.47. The van der Waals surface area contributed by atoms with E-state index in [2.05, 4.69) is 31.2 Å². The quantitative estimate of drug-likeness (QED) is 0.0645. The third-order valence-electron chi connectivity index (χ3n) is 7.46. The average molecular weight is 727 g/mol. The van der Waals surface area contributed by atoms with Crippen molar-refractivity contribution in [3.8, 4) is 0 Å². The number of carbonyl (C=O) groups excluding carboxylic acids is 4. The van der Waals surface area contributed by atoms with E-state index in [1.165, 1.54) is 16.2 Å². The molecule has 1 aliphatic heterocycles. The number of hydrogen-bond donors (Lipinski definition) is 6. The molecular formula is C35H38N10O4S2. The summed E-state index contributed by atoms with van der Waals surface area (Å²) in [5.41, 5.74) is 15.5. The lowest BCUT2D eigenvalue weighted by Gasteiger charge is -2.21. The summed E-state index contributed by atoms with van der Waals surface area (Å²) in [5.74, 6) is 0.497. The number of urea groups is 1. The molecule has 0 fully saturated rings. The number of benzene rings is 3. The van der Waals surface area contributed by atoms with E-state index in [0.717, 1.165) is 16.8 Å². The number of thioether (sulfide) groups is 1. The predicted octanol–water partition coefficient (Wildman–Crippen LogP) is 3.11. The molecule has 0 spiro atoms. The number of rotatable bonds is 14. The Kier molecular flexibility index (Phi) is 12.7. The maximum atomic E-state index is 13.4. The van der Waals surface area contributed by atoms with Crippen LogP contribution in [0.4, 0.5) is 21.3 Å². The first kappa shape index (κ1) is 36.5. The van der Waals surface area contributed by atoms with Crippen LogP contribution in [0.3, 0.4) is 0 Å². The molecule has 5 amide bonds. The second-order valence-electron chi connectivity index (χ2n) is 11.3. The third-order valence-corrected chi connectivity index (χ3v) is 9.24. The minimum absolute atomic E-state index is 0.0360. The number of carbonyl (C=O) groups is 4. The molecule has 51 heavy (non-hydrogen) atoms. The number of amides is 5. The molecule has 3 aromatic carbocycles. The van der Waals surface area contributed by atoms with Crippen molar-refractivity contribution < 1.29 is 19.2 Å². The zero-order valence-corrected chi connectivity index (χ0v) is 29.4. The van der Waals surface area contributed by atoms with Crippen molar-refractivity contribution in [2.45, 2.75) is 24.8 Å². The minimum atomic E-state index is -1.18.